The maximum Gasteiger partial charge on any atom is 0.224 e. The first-order valence-electron chi connectivity index (χ1n) is 6.02. The topological polar surface area (TPSA) is 55.1 Å². The number of hydrogen-bond donors (Lipinski definition) is 2. The monoisotopic (exact) mass is 264 g/mol. The molecule has 0 aliphatic rings. The minimum atomic E-state index is -0.0138. The molecule has 0 aliphatic heterocycles. The number of aryl methyl sites for hydroxylation is 2. The van der Waals surface area contributed by atoms with E-state index in [2.05, 4.69) is 5.32 Å². The van der Waals surface area contributed by atoms with Crippen LogP contribution in [0.3, 0.4) is 0 Å². The normalized spacial score (nSPS) is 11.9. The molecule has 1 unspecified atom stereocenters. The molecule has 0 fully saturated rings. The zero-order chi connectivity index (χ0) is 13.7. The lowest BCUT2D eigenvalue weighted by atomic mass is 10.0. The molecule has 1 aromatic rings. The average Bonchev–Trinajstić information content (AvgIpc) is 2.21. The smallest absolute Gasteiger partial charge is 0.224 e. The Labute approximate surface area is 114 Å². The Morgan fingerprint density at radius 3 is 2.72 bits per heavy atom. The first-order chi connectivity index (χ1) is 8.38. The molecule has 1 amide bonds. The van der Waals surface area contributed by atoms with E-state index in [0.717, 1.165) is 11.1 Å². The van der Waals surface area contributed by atoms with Crippen LogP contribution in [0.25, 0.3) is 0 Å². The van der Waals surface area contributed by atoms with Crippen LogP contribution >= 0.6 is 12.2 Å². The predicted octanol–water partition coefficient (Wildman–Crippen LogP) is 2.03. The highest BCUT2D eigenvalue weighted by molar-refractivity contribution is 7.80. The Balaban J connectivity index is 2.59. The molecule has 0 radical (unpaired) electrons. The lowest BCUT2D eigenvalue weighted by molar-refractivity contribution is -0.121. The molecule has 0 aromatic heterocycles. The first-order valence-corrected chi connectivity index (χ1v) is 6.43. The van der Waals surface area contributed by atoms with E-state index < -0.39 is 0 Å². The zero-order valence-electron chi connectivity index (χ0n) is 11.1. The van der Waals surface area contributed by atoms with Crippen LogP contribution in [0.5, 0.6) is 0 Å². The number of hydrogen-bond acceptors (Lipinski definition) is 2. The fourth-order valence-electron chi connectivity index (χ4n) is 1.84. The SMILES string of the molecule is Cc1ccc(C)c(CC(=O)NC(C)CC(N)=S)c1. The second-order valence-electron chi connectivity index (χ2n) is 4.75. The third kappa shape index (κ3) is 4.84. The van der Waals surface area contributed by atoms with Gasteiger partial charge in [-0.1, -0.05) is 36.0 Å². The molecule has 3 nitrogen and oxygen atoms in total. The van der Waals surface area contributed by atoms with E-state index in [9.17, 15) is 4.79 Å². The summed E-state index contributed by atoms with van der Waals surface area (Å²) in [5, 5.41) is 2.90. The van der Waals surface area contributed by atoms with Crippen molar-refractivity contribution in [3.63, 3.8) is 0 Å². The van der Waals surface area contributed by atoms with Crippen molar-refractivity contribution in [1.29, 1.82) is 0 Å². The third-order valence-electron chi connectivity index (χ3n) is 2.77. The van der Waals surface area contributed by atoms with Crippen LogP contribution in [-0.4, -0.2) is 16.9 Å². The second-order valence-corrected chi connectivity index (χ2v) is 5.27. The molecule has 1 atom stereocenters. The van der Waals surface area contributed by atoms with Crippen molar-refractivity contribution in [3.05, 3.63) is 34.9 Å². The number of nitrogens with one attached hydrogen (secondary N) is 1. The van der Waals surface area contributed by atoms with Crippen molar-refractivity contribution in [2.45, 2.75) is 39.7 Å². The summed E-state index contributed by atoms with van der Waals surface area (Å²) >= 11 is 4.82. The number of benzene rings is 1. The number of nitrogens with two attached hydrogens (primary N) is 1. The van der Waals surface area contributed by atoms with Gasteiger partial charge in [0, 0.05) is 12.5 Å². The molecule has 98 valence electrons. The molecule has 0 saturated carbocycles. The quantitative estimate of drug-likeness (QED) is 0.800. The van der Waals surface area contributed by atoms with E-state index in [-0.39, 0.29) is 11.9 Å². The van der Waals surface area contributed by atoms with Crippen molar-refractivity contribution in [3.8, 4) is 0 Å². The molecule has 0 spiro atoms. The largest absolute Gasteiger partial charge is 0.393 e. The van der Waals surface area contributed by atoms with Crippen LogP contribution in [0.2, 0.25) is 0 Å². The van der Waals surface area contributed by atoms with Crippen molar-refractivity contribution >= 4 is 23.1 Å². The van der Waals surface area contributed by atoms with Crippen molar-refractivity contribution < 1.29 is 4.79 Å². The van der Waals surface area contributed by atoms with Crippen molar-refractivity contribution in [2.24, 2.45) is 5.73 Å². The van der Waals surface area contributed by atoms with Gasteiger partial charge in [0.25, 0.3) is 0 Å². The predicted molar refractivity (Wildman–Crippen MR) is 78.6 cm³/mol. The van der Waals surface area contributed by atoms with Gasteiger partial charge in [0.15, 0.2) is 0 Å². The lowest BCUT2D eigenvalue weighted by Gasteiger charge is -2.14. The summed E-state index contributed by atoms with van der Waals surface area (Å²) in [6, 6.07) is 6.12. The van der Waals surface area contributed by atoms with Gasteiger partial charge in [0.2, 0.25) is 5.91 Å². The van der Waals surface area contributed by atoms with Gasteiger partial charge in [-0.25, -0.2) is 0 Å². The van der Waals surface area contributed by atoms with Gasteiger partial charge in [-0.3, -0.25) is 4.79 Å². The minimum absolute atomic E-state index is 0.00690. The molecule has 18 heavy (non-hydrogen) atoms. The second kappa shape index (κ2) is 6.50. The van der Waals surface area contributed by atoms with Crippen LogP contribution < -0.4 is 11.1 Å². The third-order valence-corrected chi connectivity index (χ3v) is 2.94. The van der Waals surface area contributed by atoms with Gasteiger partial charge < -0.3 is 11.1 Å². The van der Waals surface area contributed by atoms with E-state index in [1.807, 2.05) is 39.0 Å². The fraction of sp³-hybridized carbons (Fsp3) is 0.429. The maximum absolute atomic E-state index is 11.9. The van der Waals surface area contributed by atoms with Crippen LogP contribution in [0.1, 0.15) is 30.0 Å². The highest BCUT2D eigenvalue weighted by Crippen LogP contribution is 2.11. The number of thiocarbonyl (C=S) groups is 1. The zero-order valence-corrected chi connectivity index (χ0v) is 11.9. The van der Waals surface area contributed by atoms with E-state index in [4.69, 9.17) is 18.0 Å². The van der Waals surface area contributed by atoms with Gasteiger partial charge in [0.05, 0.1) is 11.4 Å². The summed E-state index contributed by atoms with van der Waals surface area (Å²) in [6.07, 6.45) is 0.934. The number of amides is 1. The van der Waals surface area contributed by atoms with Crippen LogP contribution in [0.15, 0.2) is 18.2 Å². The van der Waals surface area contributed by atoms with E-state index in [1.54, 1.807) is 0 Å². The van der Waals surface area contributed by atoms with Gasteiger partial charge in [-0.05, 0) is 31.9 Å². The number of rotatable bonds is 5. The summed E-state index contributed by atoms with van der Waals surface area (Å²) < 4.78 is 0. The molecule has 0 saturated heterocycles. The standard InChI is InChI=1S/C14H20N2OS/c1-9-4-5-10(2)12(6-9)8-14(17)16-11(3)7-13(15)18/h4-6,11H,7-8H2,1-3H3,(H2,15,18)(H,16,17). The molecular formula is C14H20N2OS. The molecular weight excluding hydrogens is 244 g/mol. The lowest BCUT2D eigenvalue weighted by Crippen LogP contribution is -2.36. The van der Waals surface area contributed by atoms with Gasteiger partial charge in [0.1, 0.15) is 0 Å². The molecule has 0 heterocycles. The summed E-state index contributed by atoms with van der Waals surface area (Å²) in [7, 11) is 0. The minimum Gasteiger partial charge on any atom is -0.393 e. The Morgan fingerprint density at radius 1 is 1.44 bits per heavy atom. The van der Waals surface area contributed by atoms with Crippen molar-refractivity contribution in [2.75, 3.05) is 0 Å². The summed E-state index contributed by atoms with van der Waals surface area (Å²) in [4.78, 5) is 12.3. The Hall–Kier alpha value is -1.42. The van der Waals surface area contributed by atoms with Crippen LogP contribution in [0.4, 0.5) is 0 Å². The molecule has 3 N–H and O–H groups in total. The molecule has 0 aliphatic carbocycles. The van der Waals surface area contributed by atoms with Gasteiger partial charge in [-0.2, -0.15) is 0 Å². The summed E-state index contributed by atoms with van der Waals surface area (Å²) in [6.45, 7) is 5.94. The van der Waals surface area contributed by atoms with E-state index in [1.165, 1.54) is 5.56 Å². The maximum atomic E-state index is 11.9. The van der Waals surface area contributed by atoms with Crippen molar-refractivity contribution in [1.82, 2.24) is 5.32 Å². The van der Waals surface area contributed by atoms with Gasteiger partial charge >= 0.3 is 0 Å². The number of carbonyl (C=O) groups excluding carboxylic acids is 1. The van der Waals surface area contributed by atoms with Gasteiger partial charge in [-0.15, -0.1) is 0 Å². The summed E-state index contributed by atoms with van der Waals surface area (Å²) in [5.74, 6) is 0.00690. The van der Waals surface area contributed by atoms with Crippen LogP contribution in [-0.2, 0) is 11.2 Å². The highest BCUT2D eigenvalue weighted by atomic mass is 32.1. The van der Waals surface area contributed by atoms with E-state index in [0.29, 0.717) is 17.8 Å². The highest BCUT2D eigenvalue weighted by Gasteiger charge is 2.10. The van der Waals surface area contributed by atoms with E-state index >= 15 is 0 Å². The average molecular weight is 264 g/mol. The molecule has 1 rings (SSSR count). The fourth-order valence-corrected chi connectivity index (χ4v) is 2.09. The molecule has 4 heteroatoms. The molecule has 0 bridgehead atoms. The molecule has 1 aromatic carbocycles. The Bertz CT molecular complexity index is 457. The Morgan fingerprint density at radius 2 is 2.11 bits per heavy atom. The van der Waals surface area contributed by atoms with Crippen LogP contribution in [0, 0.1) is 13.8 Å². The summed E-state index contributed by atoms with van der Waals surface area (Å²) in [5.41, 5.74) is 8.81. The number of carbonyl (C=O) groups is 1. The Kier molecular flexibility index (Phi) is 5.28. The first kappa shape index (κ1) is 14.6.